The second-order valence-electron chi connectivity index (χ2n) is 3.12. The Balaban J connectivity index is 2.63. The number of carbonyl (C=O) groups is 1. The van der Waals surface area contributed by atoms with E-state index in [1.165, 1.54) is 12.1 Å². The van der Waals surface area contributed by atoms with Crippen LogP contribution in [-0.2, 0) is 9.53 Å². The molecular weight excluding hydrogens is 306 g/mol. The maximum atomic E-state index is 11.2. The molecule has 0 spiro atoms. The lowest BCUT2D eigenvalue weighted by Crippen LogP contribution is -2.99. The number of anilines is 1. The molecule has 1 aromatic carbocycles. The minimum atomic E-state index is -1.00. The Hall–Kier alpha value is -1.48. The highest BCUT2D eigenvalue weighted by Gasteiger charge is 2.08. The monoisotopic (exact) mass is 317 g/mol. The summed E-state index contributed by atoms with van der Waals surface area (Å²) in [6, 6.07) is 5.94. The molecule has 3 N–H and O–H groups in total. The lowest BCUT2D eigenvalue weighted by molar-refractivity contribution is -0.991. The zero-order valence-electron chi connectivity index (χ0n) is 9.51. The highest BCUT2D eigenvalue weighted by Crippen LogP contribution is 2.10. The van der Waals surface area contributed by atoms with Crippen molar-refractivity contribution in [3.63, 3.8) is 0 Å². The molecule has 0 aliphatic heterocycles. The van der Waals surface area contributed by atoms with Gasteiger partial charge in [-0.2, -0.15) is 10.3 Å². The maximum absolute atomic E-state index is 11.2. The number of hydrogen-bond acceptors (Lipinski definition) is 6. The van der Waals surface area contributed by atoms with E-state index in [0.717, 1.165) is 0 Å². The molecule has 7 nitrogen and oxygen atoms in total. The Morgan fingerprint density at radius 3 is 2.67 bits per heavy atom. The number of hydrazone groups is 1. The van der Waals surface area contributed by atoms with Crippen molar-refractivity contribution < 1.29 is 20.0 Å². The van der Waals surface area contributed by atoms with Crippen LogP contribution in [0.15, 0.2) is 29.4 Å². The third kappa shape index (κ3) is 4.41. The van der Waals surface area contributed by atoms with Crippen LogP contribution in [0.5, 0.6) is 0 Å². The first-order valence-corrected chi connectivity index (χ1v) is 5.83. The van der Waals surface area contributed by atoms with Gasteiger partial charge in [0.05, 0.1) is 12.3 Å². The molecule has 0 bridgehead atoms. The maximum Gasteiger partial charge on any atom is 0.366 e. The van der Waals surface area contributed by atoms with E-state index in [2.05, 4.69) is 26.5 Å². The molecule has 1 atom stereocenters. The van der Waals surface area contributed by atoms with Gasteiger partial charge in [0.2, 0.25) is 4.62 Å². The van der Waals surface area contributed by atoms with E-state index in [9.17, 15) is 10.0 Å². The van der Waals surface area contributed by atoms with Crippen molar-refractivity contribution >= 4 is 37.9 Å². The summed E-state index contributed by atoms with van der Waals surface area (Å²) in [6.07, 6.45) is 0. The Kier molecular flexibility index (Phi) is 5.72. The van der Waals surface area contributed by atoms with Crippen LogP contribution in [0.3, 0.4) is 0 Å². The fraction of sp³-hybridized carbons (Fsp3) is 0.200. The number of carbonyl (C=O) groups excluding carboxylic acids is 1. The van der Waals surface area contributed by atoms with Gasteiger partial charge in [-0.05, 0) is 35.0 Å². The normalized spacial score (nSPS) is 13.0. The number of nitrogens with zero attached hydrogens (tertiary/aromatic N) is 1. The molecule has 0 amide bonds. The van der Waals surface area contributed by atoms with Gasteiger partial charge in [-0.15, -0.1) is 0 Å². The molecule has 8 heteroatoms. The molecule has 0 heterocycles. The lowest BCUT2D eigenvalue weighted by Gasteiger charge is -2.11. The van der Waals surface area contributed by atoms with Gasteiger partial charge >= 0.3 is 5.97 Å². The van der Waals surface area contributed by atoms with Crippen molar-refractivity contribution in [3.8, 4) is 0 Å². The molecule has 18 heavy (non-hydrogen) atoms. The molecule has 1 aromatic rings. The van der Waals surface area contributed by atoms with E-state index >= 15 is 0 Å². The zero-order valence-corrected chi connectivity index (χ0v) is 11.1. The highest BCUT2D eigenvalue weighted by atomic mass is 79.9. The van der Waals surface area contributed by atoms with Gasteiger partial charge in [0.1, 0.15) is 0 Å². The molecule has 98 valence electrons. The van der Waals surface area contributed by atoms with Crippen molar-refractivity contribution in [1.29, 1.82) is 0 Å². The van der Waals surface area contributed by atoms with Crippen molar-refractivity contribution in [2.45, 2.75) is 6.92 Å². The van der Waals surface area contributed by atoms with E-state index < -0.39 is 11.2 Å². The predicted octanol–water partition coefficient (Wildman–Crippen LogP) is 0.773. The Labute approximate surface area is 112 Å². The first kappa shape index (κ1) is 14.6. The third-order valence-electron chi connectivity index (χ3n) is 1.86. The standard InChI is InChI=1S/C10H12BrN3O4/c1-2-18-10(15)9(11)13-12-7-3-5-8(6-4-7)14(16)17/h3-6,12,14,16H,2H2,1H3. The molecule has 0 fully saturated rings. The van der Waals surface area contributed by atoms with Crippen LogP contribution in [0.4, 0.5) is 11.4 Å². The number of halogens is 1. The number of hydrogen-bond donors (Lipinski definition) is 3. The topological polar surface area (TPSA) is 98.4 Å². The summed E-state index contributed by atoms with van der Waals surface area (Å²) in [4.78, 5) is 11.2. The van der Waals surface area contributed by atoms with Gasteiger partial charge in [-0.3, -0.25) is 5.43 Å². The van der Waals surface area contributed by atoms with Crippen molar-refractivity contribution in [3.05, 3.63) is 29.5 Å². The van der Waals surface area contributed by atoms with E-state index in [-0.39, 0.29) is 16.9 Å². The van der Waals surface area contributed by atoms with Gasteiger partial charge in [0.15, 0.2) is 5.69 Å². The molecule has 0 radical (unpaired) electrons. The van der Waals surface area contributed by atoms with Gasteiger partial charge in [0, 0.05) is 12.1 Å². The summed E-state index contributed by atoms with van der Waals surface area (Å²) in [7, 11) is 0. The minimum Gasteiger partial charge on any atom is -0.595 e. The average Bonchev–Trinajstić information content (AvgIpc) is 2.36. The minimum absolute atomic E-state index is 0.00617. The summed E-state index contributed by atoms with van der Waals surface area (Å²) < 4.78 is 4.71. The molecule has 0 saturated heterocycles. The van der Waals surface area contributed by atoms with Crippen molar-refractivity contribution in [2.24, 2.45) is 5.10 Å². The number of nitrogens with one attached hydrogen (secondary N) is 2. The van der Waals surface area contributed by atoms with Crippen molar-refractivity contribution in [2.75, 3.05) is 12.0 Å². The summed E-state index contributed by atoms with van der Waals surface area (Å²) in [5, 5.41) is 22.1. The molecule has 0 aliphatic rings. The average molecular weight is 318 g/mol. The Morgan fingerprint density at radius 1 is 1.56 bits per heavy atom. The second kappa shape index (κ2) is 7.07. The van der Waals surface area contributed by atoms with Crippen LogP contribution < -0.4 is 10.7 Å². The van der Waals surface area contributed by atoms with Gasteiger partial charge in [-0.1, -0.05) is 0 Å². The molecule has 0 aromatic heterocycles. The van der Waals surface area contributed by atoms with Gasteiger partial charge in [-0.25, -0.2) is 10.0 Å². The van der Waals surface area contributed by atoms with E-state index in [4.69, 9.17) is 9.94 Å². The largest absolute Gasteiger partial charge is 0.595 e. The highest BCUT2D eigenvalue weighted by molar-refractivity contribution is 9.19. The number of rotatable bonds is 5. The molecule has 0 saturated carbocycles. The summed E-state index contributed by atoms with van der Waals surface area (Å²) >= 11 is 2.96. The Bertz CT molecular complexity index is 433. The van der Waals surface area contributed by atoms with Crippen LogP contribution in [0, 0.1) is 5.21 Å². The van der Waals surface area contributed by atoms with Gasteiger partial charge < -0.3 is 9.94 Å². The van der Waals surface area contributed by atoms with E-state index in [1.807, 2.05) is 0 Å². The van der Waals surface area contributed by atoms with Crippen LogP contribution in [0.2, 0.25) is 0 Å². The summed E-state index contributed by atoms with van der Waals surface area (Å²) in [6.45, 7) is 1.95. The summed E-state index contributed by atoms with van der Waals surface area (Å²) in [5.41, 5.74) is 3.33. The molecule has 1 rings (SSSR count). The Morgan fingerprint density at radius 2 is 2.17 bits per heavy atom. The van der Waals surface area contributed by atoms with Crippen LogP contribution in [0.1, 0.15) is 6.92 Å². The summed E-state index contributed by atoms with van der Waals surface area (Å²) in [5.74, 6) is -0.577. The first-order chi connectivity index (χ1) is 8.54. The number of ether oxygens (including phenoxy) is 1. The molecule has 1 unspecified atom stereocenters. The number of esters is 1. The fourth-order valence-corrected chi connectivity index (χ4v) is 1.24. The van der Waals surface area contributed by atoms with Crippen LogP contribution >= 0.6 is 15.9 Å². The van der Waals surface area contributed by atoms with Gasteiger partial charge in [0.25, 0.3) is 0 Å². The van der Waals surface area contributed by atoms with Crippen LogP contribution in [-0.4, -0.2) is 22.4 Å². The zero-order chi connectivity index (χ0) is 13.5. The number of quaternary nitrogens is 1. The van der Waals surface area contributed by atoms with Crippen LogP contribution in [0.25, 0.3) is 0 Å². The first-order valence-electron chi connectivity index (χ1n) is 5.04. The SMILES string of the molecule is CCOC(=O)C(Br)=NNc1ccc([NH+]([O-])O)cc1. The number of benzene rings is 1. The predicted molar refractivity (Wildman–Crippen MR) is 68.8 cm³/mol. The van der Waals surface area contributed by atoms with Crippen molar-refractivity contribution in [1.82, 2.24) is 0 Å². The van der Waals surface area contributed by atoms with E-state index in [0.29, 0.717) is 5.69 Å². The molecular formula is C10H12BrN3O4. The smallest absolute Gasteiger partial charge is 0.366 e. The lowest BCUT2D eigenvalue weighted by atomic mass is 10.3. The van der Waals surface area contributed by atoms with E-state index in [1.54, 1.807) is 19.1 Å². The third-order valence-corrected chi connectivity index (χ3v) is 2.36. The quantitative estimate of drug-likeness (QED) is 0.423. The molecule has 0 aliphatic carbocycles. The second-order valence-corrected chi connectivity index (χ2v) is 3.87. The fourth-order valence-electron chi connectivity index (χ4n) is 1.04.